The molecule has 0 saturated heterocycles. The molecule has 0 saturated carbocycles. The van der Waals surface area contributed by atoms with E-state index in [-0.39, 0.29) is 17.2 Å². The summed E-state index contributed by atoms with van der Waals surface area (Å²) < 4.78 is 32.1. The van der Waals surface area contributed by atoms with Crippen LogP contribution >= 0.6 is 0 Å². The number of aromatic amines is 1. The first-order valence-corrected chi connectivity index (χ1v) is 8.66. The first-order chi connectivity index (χ1) is 10.8. The van der Waals surface area contributed by atoms with Gasteiger partial charge in [0.15, 0.2) is 5.03 Å². The zero-order valence-corrected chi connectivity index (χ0v) is 14.0. The van der Waals surface area contributed by atoms with E-state index in [1.54, 1.807) is 19.1 Å². The first kappa shape index (κ1) is 17.0. The van der Waals surface area contributed by atoms with Crippen molar-refractivity contribution in [2.45, 2.75) is 31.7 Å². The molecule has 0 atom stereocenters. The van der Waals surface area contributed by atoms with E-state index in [0.29, 0.717) is 11.6 Å². The molecular weight excluding hydrogens is 318 g/mol. The number of rotatable bonds is 6. The Bertz CT molecular complexity index is 779. The second-order valence-corrected chi connectivity index (χ2v) is 6.83. The summed E-state index contributed by atoms with van der Waals surface area (Å²) in [5.41, 5.74) is 1.37. The highest BCUT2D eigenvalue weighted by atomic mass is 32.2. The molecule has 2 N–H and O–H groups in total. The predicted octanol–water partition coefficient (Wildman–Crippen LogP) is 2.51. The van der Waals surface area contributed by atoms with Crippen LogP contribution in [-0.2, 0) is 14.8 Å². The minimum absolute atomic E-state index is 0.127. The topological polar surface area (TPSA) is 101 Å². The average Bonchev–Trinajstić information content (AvgIpc) is 2.98. The van der Waals surface area contributed by atoms with Crippen molar-refractivity contribution in [3.63, 3.8) is 0 Å². The van der Waals surface area contributed by atoms with Crippen LogP contribution in [0.1, 0.15) is 42.6 Å². The van der Waals surface area contributed by atoms with Crippen LogP contribution in [0.2, 0.25) is 0 Å². The quantitative estimate of drug-likeness (QED) is 0.789. The SMILES string of the molecule is CCOC(=O)c1cn[nH]c1S(=O)(=O)Nc1ccc(C(C)C)cc1. The Hall–Kier alpha value is -2.35. The Labute approximate surface area is 135 Å². The van der Waals surface area contributed by atoms with Crippen LogP contribution < -0.4 is 4.72 Å². The number of hydrogen-bond donors (Lipinski definition) is 2. The molecule has 124 valence electrons. The number of nitrogens with one attached hydrogen (secondary N) is 2. The summed E-state index contributed by atoms with van der Waals surface area (Å²) in [6.45, 7) is 5.89. The molecule has 2 aromatic rings. The fraction of sp³-hybridized carbons (Fsp3) is 0.333. The summed E-state index contributed by atoms with van der Waals surface area (Å²) in [5, 5.41) is 5.64. The van der Waals surface area contributed by atoms with Gasteiger partial charge in [-0.1, -0.05) is 26.0 Å². The number of carbonyl (C=O) groups is 1. The van der Waals surface area contributed by atoms with Crippen LogP contribution in [0, 0.1) is 0 Å². The monoisotopic (exact) mass is 337 g/mol. The molecule has 2 rings (SSSR count). The lowest BCUT2D eigenvalue weighted by atomic mass is 10.0. The van der Waals surface area contributed by atoms with Crippen molar-refractivity contribution in [2.24, 2.45) is 0 Å². The molecule has 1 aromatic carbocycles. The Morgan fingerprint density at radius 3 is 2.52 bits per heavy atom. The van der Waals surface area contributed by atoms with E-state index in [0.717, 1.165) is 11.8 Å². The molecule has 0 amide bonds. The summed E-state index contributed by atoms with van der Waals surface area (Å²) in [5.74, 6) is -0.388. The lowest BCUT2D eigenvalue weighted by Crippen LogP contribution is -2.17. The fourth-order valence-electron chi connectivity index (χ4n) is 1.98. The van der Waals surface area contributed by atoms with E-state index in [1.165, 1.54) is 0 Å². The third kappa shape index (κ3) is 3.89. The van der Waals surface area contributed by atoms with Crippen LogP contribution in [0.5, 0.6) is 0 Å². The van der Waals surface area contributed by atoms with Gasteiger partial charge in [0.1, 0.15) is 5.56 Å². The molecule has 7 nitrogen and oxygen atoms in total. The van der Waals surface area contributed by atoms with Crippen molar-refractivity contribution in [3.05, 3.63) is 41.6 Å². The molecule has 0 fully saturated rings. The number of ether oxygens (including phenoxy) is 1. The summed E-state index contributed by atoms with van der Waals surface area (Å²) in [6.07, 6.45) is 1.13. The number of anilines is 1. The summed E-state index contributed by atoms with van der Waals surface area (Å²) in [6, 6.07) is 7.05. The Morgan fingerprint density at radius 2 is 1.96 bits per heavy atom. The van der Waals surface area contributed by atoms with Crippen LogP contribution in [0.3, 0.4) is 0 Å². The Balaban J connectivity index is 2.26. The fourth-order valence-corrected chi connectivity index (χ4v) is 3.12. The largest absolute Gasteiger partial charge is 0.462 e. The van der Waals surface area contributed by atoms with E-state index in [9.17, 15) is 13.2 Å². The zero-order valence-electron chi connectivity index (χ0n) is 13.2. The molecule has 0 aliphatic carbocycles. The second kappa shape index (κ2) is 6.82. The average molecular weight is 337 g/mol. The van der Waals surface area contributed by atoms with Gasteiger partial charge in [0.05, 0.1) is 12.8 Å². The highest BCUT2D eigenvalue weighted by Crippen LogP contribution is 2.21. The third-order valence-electron chi connectivity index (χ3n) is 3.20. The van der Waals surface area contributed by atoms with E-state index in [1.807, 2.05) is 12.1 Å². The molecule has 0 aliphatic heterocycles. The van der Waals surface area contributed by atoms with Crippen molar-refractivity contribution in [1.29, 1.82) is 0 Å². The molecule has 23 heavy (non-hydrogen) atoms. The van der Waals surface area contributed by atoms with E-state index in [2.05, 4.69) is 28.8 Å². The molecule has 0 spiro atoms. The van der Waals surface area contributed by atoms with Gasteiger partial charge in [-0.3, -0.25) is 9.82 Å². The summed E-state index contributed by atoms with van der Waals surface area (Å²) >= 11 is 0. The normalized spacial score (nSPS) is 11.5. The number of H-pyrrole nitrogens is 1. The standard InChI is InChI=1S/C15H19N3O4S/c1-4-22-15(19)13-9-16-17-14(13)23(20,21)18-12-7-5-11(6-8-12)10(2)3/h5-10,18H,4H2,1-3H3,(H,16,17). The number of benzene rings is 1. The smallest absolute Gasteiger partial charge is 0.342 e. The van der Waals surface area contributed by atoms with Gasteiger partial charge in [0.25, 0.3) is 10.0 Å². The van der Waals surface area contributed by atoms with Crippen LogP contribution in [0.15, 0.2) is 35.5 Å². The van der Waals surface area contributed by atoms with Crippen LogP contribution in [-0.4, -0.2) is 31.2 Å². The van der Waals surface area contributed by atoms with Crippen molar-refractivity contribution in [2.75, 3.05) is 11.3 Å². The minimum atomic E-state index is -3.97. The second-order valence-electron chi connectivity index (χ2n) is 5.22. The maximum absolute atomic E-state index is 12.4. The third-order valence-corrected chi connectivity index (χ3v) is 4.55. The molecule has 0 bridgehead atoms. The zero-order chi connectivity index (χ0) is 17.0. The number of aromatic nitrogens is 2. The number of nitrogens with zero attached hydrogens (tertiary/aromatic N) is 1. The number of hydrogen-bond acceptors (Lipinski definition) is 5. The molecule has 8 heteroatoms. The van der Waals surface area contributed by atoms with Gasteiger partial charge >= 0.3 is 5.97 Å². The number of esters is 1. The molecule has 0 radical (unpaired) electrons. The van der Waals surface area contributed by atoms with Gasteiger partial charge in [-0.05, 0) is 30.5 Å². The van der Waals surface area contributed by atoms with Gasteiger partial charge in [-0.2, -0.15) is 13.5 Å². The van der Waals surface area contributed by atoms with E-state index >= 15 is 0 Å². The molecule has 0 aliphatic rings. The van der Waals surface area contributed by atoms with Gasteiger partial charge in [-0.15, -0.1) is 0 Å². The summed E-state index contributed by atoms with van der Waals surface area (Å²) in [4.78, 5) is 11.8. The van der Waals surface area contributed by atoms with E-state index in [4.69, 9.17) is 4.74 Å². The lowest BCUT2D eigenvalue weighted by Gasteiger charge is -2.10. The van der Waals surface area contributed by atoms with Gasteiger partial charge < -0.3 is 4.74 Å². The van der Waals surface area contributed by atoms with Crippen molar-refractivity contribution < 1.29 is 17.9 Å². The highest BCUT2D eigenvalue weighted by molar-refractivity contribution is 7.92. The highest BCUT2D eigenvalue weighted by Gasteiger charge is 2.26. The Morgan fingerprint density at radius 1 is 1.30 bits per heavy atom. The summed E-state index contributed by atoms with van der Waals surface area (Å²) in [7, 11) is -3.97. The minimum Gasteiger partial charge on any atom is -0.462 e. The number of carbonyl (C=O) groups excluding carboxylic acids is 1. The van der Waals surface area contributed by atoms with Crippen molar-refractivity contribution in [3.8, 4) is 0 Å². The predicted molar refractivity (Wildman–Crippen MR) is 85.9 cm³/mol. The van der Waals surface area contributed by atoms with Gasteiger partial charge in [0, 0.05) is 5.69 Å². The van der Waals surface area contributed by atoms with Gasteiger partial charge in [-0.25, -0.2) is 4.79 Å². The molecule has 0 unspecified atom stereocenters. The molecule has 1 aromatic heterocycles. The van der Waals surface area contributed by atoms with Gasteiger partial charge in [0.2, 0.25) is 0 Å². The maximum Gasteiger partial charge on any atom is 0.342 e. The maximum atomic E-state index is 12.4. The number of sulfonamides is 1. The van der Waals surface area contributed by atoms with Crippen LogP contribution in [0.4, 0.5) is 5.69 Å². The van der Waals surface area contributed by atoms with Crippen molar-refractivity contribution in [1.82, 2.24) is 10.2 Å². The molecule has 1 heterocycles. The molecular formula is C15H19N3O4S. The van der Waals surface area contributed by atoms with Crippen molar-refractivity contribution >= 4 is 21.7 Å². The van der Waals surface area contributed by atoms with Crippen LogP contribution in [0.25, 0.3) is 0 Å². The Kier molecular flexibility index (Phi) is 5.05. The first-order valence-electron chi connectivity index (χ1n) is 7.18. The lowest BCUT2D eigenvalue weighted by molar-refractivity contribution is 0.0522. The van der Waals surface area contributed by atoms with E-state index < -0.39 is 16.0 Å².